The van der Waals surface area contributed by atoms with E-state index in [1.807, 2.05) is 0 Å². The molecular weight excluding hydrogens is 306 g/mol. The number of ether oxygens (including phenoxy) is 1. The van der Waals surface area contributed by atoms with Crippen molar-refractivity contribution < 1.29 is 14.3 Å². The summed E-state index contributed by atoms with van der Waals surface area (Å²) in [5, 5.41) is 3.18. The van der Waals surface area contributed by atoms with E-state index in [1.54, 1.807) is 18.2 Å². The summed E-state index contributed by atoms with van der Waals surface area (Å²) in [4.78, 5) is 28.8. The van der Waals surface area contributed by atoms with E-state index in [4.69, 9.17) is 10.5 Å². The van der Waals surface area contributed by atoms with Crippen LogP contribution in [0.2, 0.25) is 0 Å². The number of amides is 2. The summed E-state index contributed by atoms with van der Waals surface area (Å²) in [6, 6.07) is 5.30. The highest BCUT2D eigenvalue weighted by atomic mass is 16.5. The summed E-state index contributed by atoms with van der Waals surface area (Å²) >= 11 is 0. The molecule has 4 bridgehead atoms. The van der Waals surface area contributed by atoms with Crippen LogP contribution in [-0.2, 0) is 4.79 Å². The number of rotatable bonds is 4. The van der Waals surface area contributed by atoms with Gasteiger partial charge in [-0.2, -0.15) is 0 Å². The van der Waals surface area contributed by atoms with E-state index in [2.05, 4.69) is 10.3 Å². The van der Waals surface area contributed by atoms with E-state index in [-0.39, 0.29) is 23.3 Å². The molecular formula is C18H23N3O3. The van der Waals surface area contributed by atoms with Crippen LogP contribution >= 0.6 is 0 Å². The lowest BCUT2D eigenvalue weighted by atomic mass is 9.47. The van der Waals surface area contributed by atoms with E-state index in [0.29, 0.717) is 29.3 Å². The minimum Gasteiger partial charge on any atom is -0.481 e. The van der Waals surface area contributed by atoms with Gasteiger partial charge in [0.2, 0.25) is 11.8 Å². The average Bonchev–Trinajstić information content (AvgIpc) is 2.57. The molecule has 24 heavy (non-hydrogen) atoms. The van der Waals surface area contributed by atoms with E-state index in [9.17, 15) is 9.59 Å². The van der Waals surface area contributed by atoms with Gasteiger partial charge in [0.05, 0.1) is 7.11 Å². The van der Waals surface area contributed by atoms with Gasteiger partial charge in [-0.25, -0.2) is 4.98 Å². The van der Waals surface area contributed by atoms with Crippen LogP contribution in [0.25, 0.3) is 0 Å². The third kappa shape index (κ3) is 2.36. The number of methoxy groups -OCH3 is 1. The highest BCUT2D eigenvalue weighted by molar-refractivity contribution is 5.92. The minimum atomic E-state index is -0.327. The number of aromatic nitrogens is 1. The molecule has 1 aromatic heterocycles. The molecule has 2 atom stereocenters. The SMILES string of the molecule is COc1cccc(C(=O)N[C@H]2C3CC4CC2C[C@](C(N)=O)(C4)C3)n1. The maximum absolute atomic E-state index is 12.6. The van der Waals surface area contributed by atoms with Crippen LogP contribution in [0, 0.1) is 23.2 Å². The first-order valence-electron chi connectivity index (χ1n) is 8.62. The molecule has 2 amide bonds. The largest absolute Gasteiger partial charge is 0.481 e. The molecule has 3 N–H and O–H groups in total. The van der Waals surface area contributed by atoms with Gasteiger partial charge in [-0.3, -0.25) is 9.59 Å². The Morgan fingerprint density at radius 1 is 1.25 bits per heavy atom. The summed E-state index contributed by atoms with van der Waals surface area (Å²) < 4.78 is 5.09. The minimum absolute atomic E-state index is 0.120. The number of nitrogens with two attached hydrogens (primary N) is 1. The smallest absolute Gasteiger partial charge is 0.270 e. The maximum atomic E-state index is 12.6. The number of nitrogens with zero attached hydrogens (tertiary/aromatic N) is 1. The van der Waals surface area contributed by atoms with Crippen molar-refractivity contribution in [1.29, 1.82) is 0 Å². The van der Waals surface area contributed by atoms with Crippen molar-refractivity contribution in [3.8, 4) is 5.88 Å². The van der Waals surface area contributed by atoms with Crippen LogP contribution in [0.3, 0.4) is 0 Å². The zero-order valence-electron chi connectivity index (χ0n) is 13.8. The van der Waals surface area contributed by atoms with E-state index < -0.39 is 0 Å². The van der Waals surface area contributed by atoms with Gasteiger partial charge < -0.3 is 15.8 Å². The number of primary amides is 1. The Balaban J connectivity index is 1.52. The molecule has 4 saturated carbocycles. The van der Waals surface area contributed by atoms with Crippen LogP contribution in [0.5, 0.6) is 5.88 Å². The van der Waals surface area contributed by atoms with Gasteiger partial charge in [0.15, 0.2) is 0 Å². The molecule has 2 unspecified atom stereocenters. The van der Waals surface area contributed by atoms with Crippen molar-refractivity contribution in [3.63, 3.8) is 0 Å². The molecule has 6 heteroatoms. The lowest BCUT2D eigenvalue weighted by Crippen LogP contribution is -2.62. The third-order valence-corrected chi connectivity index (χ3v) is 6.26. The highest BCUT2D eigenvalue weighted by Gasteiger charge is 2.58. The Morgan fingerprint density at radius 2 is 1.96 bits per heavy atom. The predicted octanol–water partition coefficient (Wildman–Crippen LogP) is 1.50. The second-order valence-electron chi connectivity index (χ2n) is 7.68. The van der Waals surface area contributed by atoms with E-state index in [1.165, 1.54) is 7.11 Å². The van der Waals surface area contributed by atoms with Crippen molar-refractivity contribution in [2.24, 2.45) is 28.9 Å². The average molecular weight is 329 g/mol. The molecule has 0 saturated heterocycles. The van der Waals surface area contributed by atoms with Crippen LogP contribution in [-0.4, -0.2) is 29.9 Å². The van der Waals surface area contributed by atoms with Gasteiger partial charge in [0.1, 0.15) is 5.69 Å². The topological polar surface area (TPSA) is 94.3 Å². The summed E-state index contributed by atoms with van der Waals surface area (Å²) in [6.07, 6.45) is 4.73. The first-order chi connectivity index (χ1) is 11.5. The van der Waals surface area contributed by atoms with Gasteiger partial charge in [-0.15, -0.1) is 0 Å². The van der Waals surface area contributed by atoms with Crippen molar-refractivity contribution >= 4 is 11.8 Å². The number of pyridine rings is 1. The fraction of sp³-hybridized carbons (Fsp3) is 0.611. The molecule has 0 aromatic carbocycles. The zero-order chi connectivity index (χ0) is 16.9. The number of hydrogen-bond acceptors (Lipinski definition) is 4. The molecule has 4 aliphatic rings. The van der Waals surface area contributed by atoms with E-state index in [0.717, 1.165) is 32.1 Å². The monoisotopic (exact) mass is 329 g/mol. The summed E-state index contributed by atoms with van der Waals surface area (Å²) in [5.74, 6) is 1.38. The van der Waals surface area contributed by atoms with Gasteiger partial charge in [0.25, 0.3) is 5.91 Å². The maximum Gasteiger partial charge on any atom is 0.270 e. The quantitative estimate of drug-likeness (QED) is 0.875. The fourth-order valence-electron chi connectivity index (χ4n) is 5.44. The molecule has 4 fully saturated rings. The van der Waals surface area contributed by atoms with E-state index >= 15 is 0 Å². The second-order valence-corrected chi connectivity index (χ2v) is 7.68. The first kappa shape index (κ1) is 15.4. The summed E-state index contributed by atoms with van der Waals surface area (Å²) in [7, 11) is 1.53. The Morgan fingerprint density at radius 3 is 2.58 bits per heavy atom. The molecule has 0 spiro atoms. The van der Waals surface area contributed by atoms with Crippen molar-refractivity contribution in [2.45, 2.75) is 38.1 Å². The third-order valence-electron chi connectivity index (χ3n) is 6.26. The molecule has 0 radical (unpaired) electrons. The van der Waals surface area contributed by atoms with Gasteiger partial charge >= 0.3 is 0 Å². The van der Waals surface area contributed by atoms with Crippen molar-refractivity contribution in [3.05, 3.63) is 23.9 Å². The van der Waals surface area contributed by atoms with Crippen LogP contribution in [0.1, 0.15) is 42.6 Å². The Hall–Kier alpha value is -2.11. The second kappa shape index (κ2) is 5.46. The highest BCUT2D eigenvalue weighted by Crippen LogP contribution is 2.59. The van der Waals surface area contributed by atoms with Gasteiger partial charge in [-0.05, 0) is 55.9 Å². The Bertz CT molecular complexity index is 674. The lowest BCUT2D eigenvalue weighted by molar-refractivity contribution is -0.145. The molecule has 1 aromatic rings. The lowest BCUT2D eigenvalue weighted by Gasteiger charge is -2.58. The zero-order valence-corrected chi connectivity index (χ0v) is 13.8. The Labute approximate surface area is 141 Å². The number of hydrogen-bond donors (Lipinski definition) is 2. The molecule has 1 heterocycles. The normalized spacial score (nSPS) is 36.4. The number of carbonyl (C=O) groups is 2. The number of nitrogens with one attached hydrogen (secondary N) is 1. The van der Waals surface area contributed by atoms with Crippen molar-refractivity contribution in [2.75, 3.05) is 7.11 Å². The van der Waals surface area contributed by atoms with Crippen LogP contribution in [0.15, 0.2) is 18.2 Å². The molecule has 0 aliphatic heterocycles. The van der Waals surface area contributed by atoms with Gasteiger partial charge in [0, 0.05) is 17.5 Å². The number of carbonyl (C=O) groups excluding carboxylic acids is 2. The predicted molar refractivity (Wildman–Crippen MR) is 87.2 cm³/mol. The van der Waals surface area contributed by atoms with Crippen LogP contribution < -0.4 is 15.8 Å². The molecule has 128 valence electrons. The van der Waals surface area contributed by atoms with Gasteiger partial charge in [-0.1, -0.05) is 6.07 Å². The Kier molecular flexibility index (Phi) is 3.51. The fourth-order valence-corrected chi connectivity index (χ4v) is 5.44. The molecule has 5 rings (SSSR count). The van der Waals surface area contributed by atoms with Crippen molar-refractivity contribution in [1.82, 2.24) is 10.3 Å². The molecule has 4 aliphatic carbocycles. The first-order valence-corrected chi connectivity index (χ1v) is 8.62. The summed E-state index contributed by atoms with van der Waals surface area (Å²) in [6.45, 7) is 0. The molecule has 6 nitrogen and oxygen atoms in total. The van der Waals surface area contributed by atoms with Crippen LogP contribution in [0.4, 0.5) is 0 Å². The standard InChI is InChI=1S/C18H23N3O3/c1-24-14-4-2-3-13(20-14)16(22)21-15-11-5-10-6-12(15)9-18(7-10,8-11)17(19)23/h2-4,10-12,15H,5-9H2,1H3,(H2,19,23)(H,21,22)/t10?,11?,12?,15-,18-. The summed E-state index contributed by atoms with van der Waals surface area (Å²) in [5.41, 5.74) is 5.75.